The van der Waals surface area contributed by atoms with Gasteiger partial charge in [-0.2, -0.15) is 4.68 Å². The van der Waals surface area contributed by atoms with Crippen LogP contribution in [0.3, 0.4) is 0 Å². The highest BCUT2D eigenvalue weighted by Gasteiger charge is 2.15. The van der Waals surface area contributed by atoms with E-state index in [-0.39, 0.29) is 5.82 Å². The predicted molar refractivity (Wildman–Crippen MR) is 96.3 cm³/mol. The molecule has 3 N–H and O–H groups in total. The second kappa shape index (κ2) is 6.64. The van der Waals surface area contributed by atoms with Crippen molar-refractivity contribution in [2.45, 2.75) is 33.7 Å². The maximum atomic E-state index is 14.1. The Hall–Kier alpha value is -2.73. The molecule has 0 saturated heterocycles. The van der Waals surface area contributed by atoms with Gasteiger partial charge in [0.1, 0.15) is 5.82 Å². The fourth-order valence-electron chi connectivity index (χ4n) is 3.04. The third-order valence-corrected chi connectivity index (χ3v) is 4.52. The summed E-state index contributed by atoms with van der Waals surface area (Å²) in [7, 11) is 0. The molecule has 5 nitrogen and oxygen atoms in total. The normalized spacial score (nSPS) is 11.1. The molecule has 25 heavy (non-hydrogen) atoms. The summed E-state index contributed by atoms with van der Waals surface area (Å²) in [6.45, 7) is 6.20. The number of benzene rings is 2. The van der Waals surface area contributed by atoms with Gasteiger partial charge in [-0.05, 0) is 48.6 Å². The van der Waals surface area contributed by atoms with E-state index >= 15 is 0 Å². The number of hydrogen-bond acceptors (Lipinski definition) is 3. The molecule has 130 valence electrons. The molecule has 1 heterocycles. The molecular weight excluding hydrogens is 319 g/mol. The summed E-state index contributed by atoms with van der Waals surface area (Å²) in [5.41, 5.74) is 10.2. The van der Waals surface area contributed by atoms with Crippen molar-refractivity contribution >= 4 is 0 Å². The first kappa shape index (κ1) is 17.1. The van der Waals surface area contributed by atoms with Crippen LogP contribution in [-0.2, 0) is 13.0 Å². The number of halogens is 1. The molecule has 6 heteroatoms. The molecule has 0 atom stereocenters. The highest BCUT2D eigenvalue weighted by molar-refractivity contribution is 5.66. The highest BCUT2D eigenvalue weighted by Crippen LogP contribution is 2.26. The van der Waals surface area contributed by atoms with Gasteiger partial charge in [0.25, 0.3) is 0 Å². The predicted octanol–water partition coefficient (Wildman–Crippen LogP) is 3.00. The Morgan fingerprint density at radius 1 is 1.20 bits per heavy atom. The Bertz CT molecular complexity index is 988. The fraction of sp³-hybridized carbons (Fsp3) is 0.263. The van der Waals surface area contributed by atoms with E-state index < -0.39 is 5.69 Å². The number of aryl methyl sites for hydroxylation is 2. The summed E-state index contributed by atoms with van der Waals surface area (Å²) in [5, 5.41) is 4.39. The van der Waals surface area contributed by atoms with Gasteiger partial charge in [-0.1, -0.05) is 25.1 Å². The minimum Gasteiger partial charge on any atom is -0.326 e. The molecule has 3 rings (SSSR count). The third-order valence-electron chi connectivity index (χ3n) is 4.52. The van der Waals surface area contributed by atoms with Crippen LogP contribution in [0.5, 0.6) is 0 Å². The molecule has 1 aromatic heterocycles. The molecular formula is C19H21FN4O. The Morgan fingerprint density at radius 3 is 2.56 bits per heavy atom. The topological polar surface area (TPSA) is 76.7 Å². The van der Waals surface area contributed by atoms with Gasteiger partial charge in [0.15, 0.2) is 5.82 Å². The molecule has 3 aromatic rings. The van der Waals surface area contributed by atoms with Crippen LogP contribution in [-0.4, -0.2) is 14.8 Å². The van der Waals surface area contributed by atoms with Crippen LogP contribution in [0, 0.1) is 19.7 Å². The smallest absolute Gasteiger partial charge is 0.326 e. The van der Waals surface area contributed by atoms with Crippen molar-refractivity contribution in [1.29, 1.82) is 0 Å². The number of nitrogens with two attached hydrogens (primary N) is 1. The first-order chi connectivity index (χ1) is 12.0. The van der Waals surface area contributed by atoms with E-state index in [9.17, 15) is 9.18 Å². The van der Waals surface area contributed by atoms with Crippen LogP contribution >= 0.6 is 0 Å². The molecule has 0 unspecified atom stereocenters. The van der Waals surface area contributed by atoms with Crippen molar-refractivity contribution in [3.63, 3.8) is 0 Å². The fourth-order valence-corrected chi connectivity index (χ4v) is 3.04. The van der Waals surface area contributed by atoms with Crippen LogP contribution in [0.2, 0.25) is 0 Å². The summed E-state index contributed by atoms with van der Waals surface area (Å²) in [4.78, 5) is 15.1. The molecule has 0 spiro atoms. The highest BCUT2D eigenvalue weighted by atomic mass is 19.1. The van der Waals surface area contributed by atoms with Crippen molar-refractivity contribution in [1.82, 2.24) is 14.8 Å². The van der Waals surface area contributed by atoms with Crippen molar-refractivity contribution in [3.05, 3.63) is 68.9 Å². The number of nitrogens with zero attached hydrogens (tertiary/aromatic N) is 2. The average molecular weight is 340 g/mol. The van der Waals surface area contributed by atoms with Crippen LogP contribution in [0.4, 0.5) is 4.39 Å². The summed E-state index contributed by atoms with van der Waals surface area (Å²) < 4.78 is 15.2. The Labute approximate surface area is 145 Å². The Kier molecular flexibility index (Phi) is 4.55. The quantitative estimate of drug-likeness (QED) is 0.766. The van der Waals surface area contributed by atoms with Gasteiger partial charge in [-0.15, -0.1) is 5.10 Å². The second-order valence-corrected chi connectivity index (χ2v) is 6.07. The lowest BCUT2D eigenvalue weighted by Crippen LogP contribution is -2.16. The van der Waals surface area contributed by atoms with E-state index in [1.807, 2.05) is 32.9 Å². The SMILES string of the molecule is CCc1ccc(-n2nc(-c3c(C)ccc(CN)c3C)[nH]c2=O)cc1F. The van der Waals surface area contributed by atoms with Crippen molar-refractivity contribution in [3.8, 4) is 17.1 Å². The molecule has 0 aliphatic heterocycles. The van der Waals surface area contributed by atoms with E-state index in [2.05, 4.69) is 10.1 Å². The zero-order valence-electron chi connectivity index (χ0n) is 14.6. The minimum absolute atomic E-state index is 0.339. The first-order valence-electron chi connectivity index (χ1n) is 8.24. The van der Waals surface area contributed by atoms with E-state index in [0.717, 1.165) is 22.3 Å². The van der Waals surface area contributed by atoms with Gasteiger partial charge in [0.05, 0.1) is 5.69 Å². The third kappa shape index (κ3) is 3.00. The molecule has 0 fully saturated rings. The number of nitrogens with one attached hydrogen (secondary N) is 1. The molecule has 0 amide bonds. The van der Waals surface area contributed by atoms with Gasteiger partial charge in [0.2, 0.25) is 0 Å². The average Bonchev–Trinajstić information content (AvgIpc) is 2.96. The maximum absolute atomic E-state index is 14.1. The number of aromatic nitrogens is 3. The van der Waals surface area contributed by atoms with Gasteiger partial charge in [-0.25, -0.2) is 9.18 Å². The molecule has 0 bridgehead atoms. The van der Waals surface area contributed by atoms with Crippen molar-refractivity contribution in [2.75, 3.05) is 0 Å². The van der Waals surface area contributed by atoms with Gasteiger partial charge < -0.3 is 5.73 Å². The summed E-state index contributed by atoms with van der Waals surface area (Å²) in [6.07, 6.45) is 0.594. The minimum atomic E-state index is -0.407. The number of rotatable bonds is 4. The van der Waals surface area contributed by atoms with Crippen molar-refractivity contribution < 1.29 is 4.39 Å². The largest absolute Gasteiger partial charge is 0.348 e. The van der Waals surface area contributed by atoms with E-state index in [4.69, 9.17) is 5.73 Å². The Balaban J connectivity index is 2.14. The van der Waals surface area contributed by atoms with Crippen LogP contribution in [0.1, 0.15) is 29.2 Å². The lowest BCUT2D eigenvalue weighted by molar-refractivity contribution is 0.609. The lowest BCUT2D eigenvalue weighted by Gasteiger charge is -2.11. The number of H-pyrrole nitrogens is 1. The van der Waals surface area contributed by atoms with Crippen molar-refractivity contribution in [2.24, 2.45) is 5.73 Å². The maximum Gasteiger partial charge on any atom is 0.348 e. The molecule has 0 aliphatic carbocycles. The van der Waals surface area contributed by atoms with Crippen LogP contribution < -0.4 is 11.4 Å². The number of aromatic amines is 1. The monoisotopic (exact) mass is 340 g/mol. The van der Waals surface area contributed by atoms with Crippen LogP contribution in [0.15, 0.2) is 35.1 Å². The van der Waals surface area contributed by atoms with E-state index in [0.29, 0.717) is 30.0 Å². The van der Waals surface area contributed by atoms with Crippen LogP contribution in [0.25, 0.3) is 17.1 Å². The molecule has 0 radical (unpaired) electrons. The van der Waals surface area contributed by atoms with Gasteiger partial charge >= 0.3 is 5.69 Å². The van der Waals surface area contributed by atoms with Gasteiger partial charge in [-0.3, -0.25) is 4.98 Å². The standard InChI is InChI=1S/C19H21FN4O/c1-4-13-7-8-15(9-16(13)20)24-19(25)22-18(23-24)17-11(2)5-6-14(10-21)12(17)3/h5-9H,4,10,21H2,1-3H3,(H,22,23,25). The zero-order valence-corrected chi connectivity index (χ0v) is 14.6. The molecule has 0 saturated carbocycles. The number of hydrogen-bond donors (Lipinski definition) is 2. The Morgan fingerprint density at radius 2 is 1.92 bits per heavy atom. The summed E-state index contributed by atoms with van der Waals surface area (Å²) in [5.74, 6) is 0.115. The first-order valence-corrected chi connectivity index (χ1v) is 8.24. The summed E-state index contributed by atoms with van der Waals surface area (Å²) in [6, 6.07) is 8.64. The molecule has 2 aromatic carbocycles. The van der Waals surface area contributed by atoms with E-state index in [1.165, 1.54) is 10.7 Å². The molecule has 0 aliphatic rings. The lowest BCUT2D eigenvalue weighted by atomic mass is 9.97. The van der Waals surface area contributed by atoms with E-state index in [1.54, 1.807) is 12.1 Å². The second-order valence-electron chi connectivity index (χ2n) is 6.07. The summed E-state index contributed by atoms with van der Waals surface area (Å²) >= 11 is 0. The van der Waals surface area contributed by atoms with Gasteiger partial charge in [0, 0.05) is 18.2 Å². The zero-order chi connectivity index (χ0) is 18.1.